The molecule has 1 aromatic carbocycles. The molecule has 1 aromatic rings. The molecule has 0 saturated heterocycles. The summed E-state index contributed by atoms with van der Waals surface area (Å²) in [5.74, 6) is 0.548. The van der Waals surface area contributed by atoms with Crippen molar-refractivity contribution in [1.82, 2.24) is 0 Å². The highest BCUT2D eigenvalue weighted by Gasteiger charge is 2.28. The molecule has 0 amide bonds. The van der Waals surface area contributed by atoms with Crippen molar-refractivity contribution in [2.75, 3.05) is 13.2 Å². The van der Waals surface area contributed by atoms with Crippen LogP contribution in [0.4, 0.5) is 4.79 Å². The van der Waals surface area contributed by atoms with Crippen molar-refractivity contribution >= 4 is 6.16 Å². The highest BCUT2D eigenvalue weighted by molar-refractivity contribution is 5.71. The molecule has 0 aliphatic heterocycles. The van der Waals surface area contributed by atoms with E-state index in [-0.39, 0.29) is 17.2 Å². The van der Waals surface area contributed by atoms with Crippen molar-refractivity contribution in [3.05, 3.63) is 11.1 Å². The summed E-state index contributed by atoms with van der Waals surface area (Å²) in [6.07, 6.45) is 12.0. The summed E-state index contributed by atoms with van der Waals surface area (Å²) in [4.78, 5) is 11.5. The number of carboxylic acid groups (broad SMARTS) is 1. The van der Waals surface area contributed by atoms with Gasteiger partial charge in [-0.25, -0.2) is 4.79 Å². The number of unbranched alkanes of at least 4 members (excludes halogenated alkanes) is 8. The number of hydrogen-bond donors (Lipinski definition) is 2. The van der Waals surface area contributed by atoms with Crippen LogP contribution in [0.1, 0.15) is 116 Å². The summed E-state index contributed by atoms with van der Waals surface area (Å²) in [5.41, 5.74) is 1.67. The van der Waals surface area contributed by atoms with Crippen LogP contribution in [0.3, 0.4) is 0 Å². The average molecular weight is 467 g/mol. The van der Waals surface area contributed by atoms with Gasteiger partial charge in [0.1, 0.15) is 0 Å². The van der Waals surface area contributed by atoms with Crippen molar-refractivity contribution in [2.24, 2.45) is 0 Å². The number of rotatable bonds is 19. The minimum Gasteiger partial charge on any atom is -0.502 e. The Morgan fingerprint density at radius 3 is 1.52 bits per heavy atom. The lowest BCUT2D eigenvalue weighted by Gasteiger charge is -2.23. The van der Waals surface area contributed by atoms with E-state index in [0.717, 1.165) is 94.6 Å². The Kier molecular flexibility index (Phi) is 15.2. The number of phenols is 1. The molecule has 190 valence electrons. The Balaban J connectivity index is 3.53. The standard InChI is InChI=1S/C27H46O6/c1-5-9-13-17-21-22(18-14-10-6-2)25(31-19-15-11-7-3)26(32-20-16-12-8-4)23(28)24(21)33-27(29)30/h28H,5-20H2,1-4H3,(H,29,30). The zero-order chi connectivity index (χ0) is 24.5. The lowest BCUT2D eigenvalue weighted by atomic mass is 9.94. The van der Waals surface area contributed by atoms with Crippen molar-refractivity contribution in [1.29, 1.82) is 0 Å². The fourth-order valence-corrected chi connectivity index (χ4v) is 3.93. The van der Waals surface area contributed by atoms with Gasteiger partial charge in [-0.15, -0.1) is 0 Å². The summed E-state index contributed by atoms with van der Waals surface area (Å²) in [7, 11) is 0. The molecule has 6 nitrogen and oxygen atoms in total. The van der Waals surface area contributed by atoms with Gasteiger partial charge in [-0.3, -0.25) is 0 Å². The number of hydrogen-bond acceptors (Lipinski definition) is 5. The molecule has 0 radical (unpaired) electrons. The number of phenolic OH excluding ortho intramolecular Hbond substituents is 1. The quantitative estimate of drug-likeness (QED) is 0.122. The maximum atomic E-state index is 11.5. The molecule has 33 heavy (non-hydrogen) atoms. The minimum atomic E-state index is -1.44. The van der Waals surface area contributed by atoms with Gasteiger partial charge >= 0.3 is 6.16 Å². The van der Waals surface area contributed by atoms with E-state index in [1.54, 1.807) is 0 Å². The van der Waals surface area contributed by atoms with Crippen molar-refractivity contribution in [3.8, 4) is 23.0 Å². The second-order valence-electron chi connectivity index (χ2n) is 8.69. The Bertz CT molecular complexity index is 686. The number of benzene rings is 1. The highest BCUT2D eigenvalue weighted by Crippen LogP contribution is 2.50. The first-order valence-electron chi connectivity index (χ1n) is 13.1. The minimum absolute atomic E-state index is 0.0106. The molecular weight excluding hydrogens is 420 g/mol. The molecule has 0 aliphatic carbocycles. The zero-order valence-electron chi connectivity index (χ0n) is 21.3. The second-order valence-corrected chi connectivity index (χ2v) is 8.69. The van der Waals surface area contributed by atoms with Gasteiger partial charge in [0.2, 0.25) is 11.5 Å². The molecular formula is C27H46O6. The number of ether oxygens (including phenoxy) is 3. The Morgan fingerprint density at radius 2 is 1.06 bits per heavy atom. The SMILES string of the molecule is CCCCCOc1c(O)c(OC(=O)O)c(CCCCC)c(CCCCC)c1OCCCCC. The van der Waals surface area contributed by atoms with E-state index in [9.17, 15) is 15.0 Å². The van der Waals surface area contributed by atoms with E-state index in [4.69, 9.17) is 14.2 Å². The van der Waals surface area contributed by atoms with Gasteiger partial charge in [0.05, 0.1) is 13.2 Å². The molecule has 6 heteroatoms. The lowest BCUT2D eigenvalue weighted by Crippen LogP contribution is -2.12. The molecule has 0 aromatic heterocycles. The summed E-state index contributed by atoms with van der Waals surface area (Å²) in [6, 6.07) is 0. The predicted octanol–water partition coefficient (Wildman–Crippen LogP) is 8.05. The Labute approximate surface area is 200 Å². The molecule has 0 heterocycles. The Morgan fingerprint density at radius 1 is 0.636 bits per heavy atom. The van der Waals surface area contributed by atoms with Gasteiger partial charge in [-0.2, -0.15) is 0 Å². The van der Waals surface area contributed by atoms with Gasteiger partial charge in [0, 0.05) is 11.1 Å². The van der Waals surface area contributed by atoms with Crippen LogP contribution >= 0.6 is 0 Å². The smallest absolute Gasteiger partial charge is 0.502 e. The van der Waals surface area contributed by atoms with Crippen LogP contribution in [-0.2, 0) is 12.8 Å². The second kappa shape index (κ2) is 17.4. The molecule has 0 spiro atoms. The summed E-state index contributed by atoms with van der Waals surface area (Å²) in [5, 5.41) is 20.5. The molecule has 0 unspecified atom stereocenters. The van der Waals surface area contributed by atoms with Gasteiger partial charge in [-0.05, 0) is 38.5 Å². The topological polar surface area (TPSA) is 85.2 Å². The third-order valence-electron chi connectivity index (χ3n) is 5.79. The van der Waals surface area contributed by atoms with Gasteiger partial charge in [0.15, 0.2) is 11.5 Å². The van der Waals surface area contributed by atoms with Crippen LogP contribution in [0.25, 0.3) is 0 Å². The maximum absolute atomic E-state index is 11.5. The first-order chi connectivity index (χ1) is 16.0. The predicted molar refractivity (Wildman–Crippen MR) is 133 cm³/mol. The molecule has 2 N–H and O–H groups in total. The summed E-state index contributed by atoms with van der Waals surface area (Å²) in [6.45, 7) is 9.52. The van der Waals surface area contributed by atoms with Crippen LogP contribution in [-0.4, -0.2) is 29.6 Å². The van der Waals surface area contributed by atoms with Crippen LogP contribution in [0.15, 0.2) is 0 Å². The molecule has 0 bridgehead atoms. The highest BCUT2D eigenvalue weighted by atomic mass is 16.7. The fourth-order valence-electron chi connectivity index (χ4n) is 3.93. The summed E-state index contributed by atoms with van der Waals surface area (Å²) >= 11 is 0. The lowest BCUT2D eigenvalue weighted by molar-refractivity contribution is 0.141. The average Bonchev–Trinajstić information content (AvgIpc) is 2.79. The first-order valence-corrected chi connectivity index (χ1v) is 13.1. The van der Waals surface area contributed by atoms with E-state index in [0.29, 0.717) is 25.4 Å². The fraction of sp³-hybridized carbons (Fsp3) is 0.741. The Hall–Kier alpha value is -2.11. The number of carbonyl (C=O) groups is 1. The van der Waals surface area contributed by atoms with E-state index in [1.807, 2.05) is 0 Å². The zero-order valence-corrected chi connectivity index (χ0v) is 21.3. The summed E-state index contributed by atoms with van der Waals surface area (Å²) < 4.78 is 17.4. The first kappa shape index (κ1) is 28.9. The van der Waals surface area contributed by atoms with Crippen LogP contribution in [0.5, 0.6) is 23.0 Å². The third kappa shape index (κ3) is 10.1. The molecule has 0 atom stereocenters. The van der Waals surface area contributed by atoms with Crippen LogP contribution in [0.2, 0.25) is 0 Å². The molecule has 0 aliphatic rings. The van der Waals surface area contributed by atoms with E-state index in [2.05, 4.69) is 27.7 Å². The largest absolute Gasteiger partial charge is 0.511 e. The number of aromatic hydroxyl groups is 1. The maximum Gasteiger partial charge on any atom is 0.511 e. The monoisotopic (exact) mass is 466 g/mol. The molecule has 1 rings (SSSR count). The van der Waals surface area contributed by atoms with Crippen LogP contribution < -0.4 is 14.2 Å². The van der Waals surface area contributed by atoms with Crippen molar-refractivity contribution in [2.45, 2.75) is 118 Å². The van der Waals surface area contributed by atoms with E-state index >= 15 is 0 Å². The van der Waals surface area contributed by atoms with Gasteiger partial charge in [0.25, 0.3) is 0 Å². The normalized spacial score (nSPS) is 10.9. The van der Waals surface area contributed by atoms with Crippen molar-refractivity contribution < 1.29 is 29.2 Å². The molecule has 0 fully saturated rings. The molecule has 0 saturated carbocycles. The van der Waals surface area contributed by atoms with E-state index < -0.39 is 6.16 Å². The van der Waals surface area contributed by atoms with E-state index in [1.165, 1.54) is 0 Å². The van der Waals surface area contributed by atoms with Gasteiger partial charge < -0.3 is 24.4 Å². The van der Waals surface area contributed by atoms with Crippen molar-refractivity contribution in [3.63, 3.8) is 0 Å². The van der Waals surface area contributed by atoms with Gasteiger partial charge in [-0.1, -0.05) is 79.1 Å². The van der Waals surface area contributed by atoms with Crippen LogP contribution in [0, 0.1) is 0 Å². The third-order valence-corrected chi connectivity index (χ3v) is 5.79.